The highest BCUT2D eigenvalue weighted by molar-refractivity contribution is 5.93. The number of fused-ring (bicyclic) bond motifs is 1. The number of furan rings is 1. The summed E-state index contributed by atoms with van der Waals surface area (Å²) in [5.74, 6) is 0.720. The minimum atomic E-state index is -4.49. The Balaban J connectivity index is 1.86. The van der Waals surface area contributed by atoms with Gasteiger partial charge in [0.1, 0.15) is 11.5 Å². The molecule has 0 saturated carbocycles. The van der Waals surface area contributed by atoms with Gasteiger partial charge in [0.15, 0.2) is 5.65 Å². The molecule has 0 unspecified atom stereocenters. The highest BCUT2D eigenvalue weighted by Gasteiger charge is 2.32. The lowest BCUT2D eigenvalue weighted by Gasteiger charge is -2.10. The molecule has 0 amide bonds. The smallest absolute Gasteiger partial charge is 0.433 e. The van der Waals surface area contributed by atoms with Crippen LogP contribution in [0.1, 0.15) is 5.69 Å². The van der Waals surface area contributed by atoms with E-state index in [2.05, 4.69) is 9.97 Å². The number of alkyl halides is 3. The van der Waals surface area contributed by atoms with Crippen molar-refractivity contribution in [3.63, 3.8) is 0 Å². The van der Waals surface area contributed by atoms with Crippen molar-refractivity contribution in [3.05, 3.63) is 72.8 Å². The second-order valence-electron chi connectivity index (χ2n) is 5.48. The van der Waals surface area contributed by atoms with Crippen LogP contribution in [0.4, 0.5) is 13.2 Å². The molecule has 0 atom stereocenters. The van der Waals surface area contributed by atoms with Crippen molar-refractivity contribution in [2.75, 3.05) is 0 Å². The standard InChI is InChI=1S/C19H11F3N2O/c20-19(21,22)17-7-6-15-14(8-9-23-18(15)24-17)12-3-1-4-13(11-12)16-5-2-10-25-16/h1-11H. The molecule has 1 aromatic carbocycles. The summed E-state index contributed by atoms with van der Waals surface area (Å²) >= 11 is 0. The van der Waals surface area contributed by atoms with Crippen molar-refractivity contribution in [1.29, 1.82) is 0 Å². The summed E-state index contributed by atoms with van der Waals surface area (Å²) in [4.78, 5) is 7.63. The summed E-state index contributed by atoms with van der Waals surface area (Å²) in [5, 5.41) is 0.562. The third-order valence-corrected chi connectivity index (χ3v) is 3.87. The highest BCUT2D eigenvalue weighted by Crippen LogP contribution is 2.33. The molecule has 4 rings (SSSR count). The van der Waals surface area contributed by atoms with E-state index in [1.807, 2.05) is 30.3 Å². The van der Waals surface area contributed by atoms with Crippen LogP contribution in [0.15, 0.2) is 71.5 Å². The van der Waals surface area contributed by atoms with Crippen LogP contribution in [0.3, 0.4) is 0 Å². The van der Waals surface area contributed by atoms with Gasteiger partial charge in [-0.05, 0) is 47.5 Å². The number of aromatic nitrogens is 2. The van der Waals surface area contributed by atoms with Gasteiger partial charge >= 0.3 is 6.18 Å². The molecule has 6 heteroatoms. The predicted octanol–water partition coefficient (Wildman–Crippen LogP) is 5.58. The van der Waals surface area contributed by atoms with Gasteiger partial charge in [0.25, 0.3) is 0 Å². The van der Waals surface area contributed by atoms with Gasteiger partial charge in [-0.2, -0.15) is 13.2 Å². The van der Waals surface area contributed by atoms with Gasteiger partial charge in [-0.3, -0.25) is 0 Å². The van der Waals surface area contributed by atoms with E-state index in [4.69, 9.17) is 4.42 Å². The van der Waals surface area contributed by atoms with Gasteiger partial charge in [-0.1, -0.05) is 18.2 Å². The maximum Gasteiger partial charge on any atom is 0.433 e. The molecule has 3 aromatic heterocycles. The summed E-state index contributed by atoms with van der Waals surface area (Å²) in [7, 11) is 0. The molecule has 0 radical (unpaired) electrons. The van der Waals surface area contributed by atoms with E-state index in [0.717, 1.165) is 28.5 Å². The summed E-state index contributed by atoms with van der Waals surface area (Å²) in [6.07, 6.45) is -1.44. The molecule has 0 aliphatic carbocycles. The van der Waals surface area contributed by atoms with E-state index in [1.165, 1.54) is 12.3 Å². The molecular formula is C19H11F3N2O. The second-order valence-corrected chi connectivity index (χ2v) is 5.48. The molecule has 0 aliphatic heterocycles. The van der Waals surface area contributed by atoms with Crippen molar-refractivity contribution in [2.45, 2.75) is 6.18 Å². The minimum Gasteiger partial charge on any atom is -0.464 e. The van der Waals surface area contributed by atoms with E-state index in [-0.39, 0.29) is 5.65 Å². The monoisotopic (exact) mass is 340 g/mol. The fourth-order valence-corrected chi connectivity index (χ4v) is 2.72. The topological polar surface area (TPSA) is 38.9 Å². The molecule has 25 heavy (non-hydrogen) atoms. The largest absolute Gasteiger partial charge is 0.464 e. The molecule has 0 saturated heterocycles. The Morgan fingerprint density at radius 1 is 0.880 bits per heavy atom. The zero-order valence-electron chi connectivity index (χ0n) is 12.8. The lowest BCUT2D eigenvalue weighted by molar-refractivity contribution is -0.141. The van der Waals surface area contributed by atoms with E-state index in [1.54, 1.807) is 18.4 Å². The van der Waals surface area contributed by atoms with Crippen LogP contribution in [0.5, 0.6) is 0 Å². The third kappa shape index (κ3) is 2.87. The SMILES string of the molecule is FC(F)(F)c1ccc2c(-c3cccc(-c4ccco4)c3)ccnc2n1. The first-order chi connectivity index (χ1) is 12.0. The fraction of sp³-hybridized carbons (Fsp3) is 0.0526. The highest BCUT2D eigenvalue weighted by atomic mass is 19.4. The van der Waals surface area contributed by atoms with Gasteiger partial charge in [0, 0.05) is 17.1 Å². The number of hydrogen-bond acceptors (Lipinski definition) is 3. The first-order valence-corrected chi connectivity index (χ1v) is 7.50. The number of halogens is 3. The summed E-state index contributed by atoms with van der Waals surface area (Å²) in [6, 6.07) is 15.4. The Bertz CT molecular complexity index is 1040. The molecule has 3 heterocycles. The average molecular weight is 340 g/mol. The molecule has 4 aromatic rings. The second kappa shape index (κ2) is 5.73. The molecule has 3 nitrogen and oxygen atoms in total. The zero-order chi connectivity index (χ0) is 17.4. The summed E-state index contributed by atoms with van der Waals surface area (Å²) < 4.78 is 43.9. The van der Waals surface area contributed by atoms with Crippen molar-refractivity contribution < 1.29 is 17.6 Å². The third-order valence-electron chi connectivity index (χ3n) is 3.87. The van der Waals surface area contributed by atoms with Crippen molar-refractivity contribution >= 4 is 11.0 Å². The van der Waals surface area contributed by atoms with Crippen LogP contribution in [0.25, 0.3) is 33.5 Å². The first kappa shape index (κ1) is 15.4. The van der Waals surface area contributed by atoms with Gasteiger partial charge in [0.2, 0.25) is 0 Å². The number of rotatable bonds is 2. The molecule has 0 bridgehead atoms. The average Bonchev–Trinajstić information content (AvgIpc) is 3.15. The summed E-state index contributed by atoms with van der Waals surface area (Å²) in [6.45, 7) is 0. The Hall–Kier alpha value is -3.15. The maximum atomic E-state index is 12.8. The van der Waals surface area contributed by atoms with Crippen LogP contribution in [-0.2, 0) is 6.18 Å². The molecule has 124 valence electrons. The number of benzene rings is 1. The molecular weight excluding hydrogens is 329 g/mol. The molecule has 0 N–H and O–H groups in total. The lowest BCUT2D eigenvalue weighted by atomic mass is 10.00. The zero-order valence-corrected chi connectivity index (χ0v) is 12.8. The van der Waals surface area contributed by atoms with Crippen molar-refractivity contribution in [1.82, 2.24) is 9.97 Å². The maximum absolute atomic E-state index is 12.8. The normalized spacial score (nSPS) is 11.8. The van der Waals surface area contributed by atoms with Crippen LogP contribution in [0.2, 0.25) is 0 Å². The molecule has 0 fully saturated rings. The quantitative estimate of drug-likeness (QED) is 0.478. The van der Waals surface area contributed by atoms with E-state index in [0.29, 0.717) is 5.39 Å². The van der Waals surface area contributed by atoms with Gasteiger partial charge in [-0.15, -0.1) is 0 Å². The minimum absolute atomic E-state index is 0.0655. The Kier molecular flexibility index (Phi) is 3.53. The van der Waals surface area contributed by atoms with E-state index < -0.39 is 11.9 Å². The lowest BCUT2D eigenvalue weighted by Crippen LogP contribution is -2.08. The van der Waals surface area contributed by atoms with Crippen molar-refractivity contribution in [3.8, 4) is 22.5 Å². The Labute approximate surface area is 140 Å². The van der Waals surface area contributed by atoms with Gasteiger partial charge < -0.3 is 4.42 Å². The van der Waals surface area contributed by atoms with Gasteiger partial charge in [0.05, 0.1) is 6.26 Å². The van der Waals surface area contributed by atoms with Crippen LogP contribution in [-0.4, -0.2) is 9.97 Å². The van der Waals surface area contributed by atoms with Crippen LogP contribution < -0.4 is 0 Å². The summed E-state index contributed by atoms with van der Waals surface area (Å²) in [5.41, 5.74) is 1.61. The number of hydrogen-bond donors (Lipinski definition) is 0. The van der Waals surface area contributed by atoms with Crippen molar-refractivity contribution in [2.24, 2.45) is 0 Å². The molecule has 0 spiro atoms. The van der Waals surface area contributed by atoms with Crippen LogP contribution >= 0.6 is 0 Å². The van der Waals surface area contributed by atoms with E-state index >= 15 is 0 Å². The van der Waals surface area contributed by atoms with Crippen LogP contribution in [0, 0.1) is 0 Å². The molecule has 0 aliphatic rings. The van der Waals surface area contributed by atoms with E-state index in [9.17, 15) is 13.2 Å². The number of nitrogens with zero attached hydrogens (tertiary/aromatic N) is 2. The first-order valence-electron chi connectivity index (χ1n) is 7.50. The Morgan fingerprint density at radius 3 is 2.48 bits per heavy atom. The predicted molar refractivity (Wildman–Crippen MR) is 87.7 cm³/mol. The number of pyridine rings is 2. The van der Waals surface area contributed by atoms with Gasteiger partial charge in [-0.25, -0.2) is 9.97 Å². The Morgan fingerprint density at radius 2 is 1.72 bits per heavy atom. The fourth-order valence-electron chi connectivity index (χ4n) is 2.72.